The zero-order chi connectivity index (χ0) is 7.26. The Labute approximate surface area is 62.9 Å². The summed E-state index contributed by atoms with van der Waals surface area (Å²) in [5.74, 6) is 1.64. The van der Waals surface area contributed by atoms with Crippen molar-refractivity contribution in [2.24, 2.45) is 0 Å². The van der Waals surface area contributed by atoms with Crippen LogP contribution < -0.4 is 9.47 Å². The van der Waals surface area contributed by atoms with Crippen LogP contribution in [-0.2, 0) is 0 Å². The van der Waals surface area contributed by atoms with Crippen LogP contribution in [0.25, 0.3) is 10.9 Å². The maximum atomic E-state index is 5.25. The van der Waals surface area contributed by atoms with Gasteiger partial charge in [0.05, 0.1) is 0 Å². The van der Waals surface area contributed by atoms with E-state index in [-0.39, 0.29) is 0 Å². The molecule has 3 nitrogen and oxygen atoms in total. The second-order valence-electron chi connectivity index (χ2n) is 2.50. The Kier molecular flexibility index (Phi) is 0.733. The summed E-state index contributed by atoms with van der Waals surface area (Å²) in [7, 11) is 0. The second kappa shape index (κ2) is 1.56. The Morgan fingerprint density at radius 1 is 1.18 bits per heavy atom. The molecule has 54 valence electrons. The highest BCUT2D eigenvalue weighted by Crippen LogP contribution is 2.40. The van der Waals surface area contributed by atoms with E-state index in [1.165, 1.54) is 0 Å². The van der Waals surface area contributed by atoms with E-state index >= 15 is 0 Å². The van der Waals surface area contributed by atoms with Crippen molar-refractivity contribution in [2.45, 2.75) is 0 Å². The van der Waals surface area contributed by atoms with Crippen molar-refractivity contribution in [3.8, 4) is 11.5 Å². The second-order valence-corrected chi connectivity index (χ2v) is 2.50. The summed E-state index contributed by atoms with van der Waals surface area (Å²) in [6, 6.07) is 3.92. The van der Waals surface area contributed by atoms with Crippen LogP contribution in [0.5, 0.6) is 11.5 Å². The molecule has 0 amide bonds. The van der Waals surface area contributed by atoms with E-state index in [9.17, 15) is 0 Å². The minimum absolute atomic E-state index is 0.322. The standard InChI is InChI=1S/C8H5NO2/c1-2-6-8-7(10-4-11-8)5(1)3-9-6/h1-3H,4H2. The number of ether oxygens (including phenoxy) is 2. The molecule has 2 bridgehead atoms. The molecular weight excluding hydrogens is 142 g/mol. The number of hydrogen-bond acceptors (Lipinski definition) is 3. The summed E-state index contributed by atoms with van der Waals surface area (Å²) in [6.45, 7) is 0.322. The normalized spacial score (nSPS) is 14.5. The lowest BCUT2D eigenvalue weighted by molar-refractivity contribution is 0.175. The molecule has 3 heteroatoms. The lowest BCUT2D eigenvalue weighted by Crippen LogP contribution is -1.93. The van der Waals surface area contributed by atoms with Gasteiger partial charge in [0.15, 0.2) is 11.5 Å². The Balaban J connectivity index is 2.52. The van der Waals surface area contributed by atoms with Gasteiger partial charge in [0, 0.05) is 11.6 Å². The van der Waals surface area contributed by atoms with Crippen LogP contribution in [0.2, 0.25) is 0 Å². The molecule has 2 aromatic heterocycles. The molecular formula is C8H5NO2. The number of pyridine rings is 2. The first-order valence-electron chi connectivity index (χ1n) is 3.42. The molecule has 0 unspecified atom stereocenters. The highest BCUT2D eigenvalue weighted by Gasteiger charge is 2.19. The number of hydrogen-bond donors (Lipinski definition) is 0. The summed E-state index contributed by atoms with van der Waals surface area (Å²) in [5.41, 5.74) is 0.868. The topological polar surface area (TPSA) is 31.4 Å². The van der Waals surface area contributed by atoms with Gasteiger partial charge in [0.2, 0.25) is 6.79 Å². The lowest BCUT2D eigenvalue weighted by atomic mass is 10.2. The molecule has 1 aromatic carbocycles. The van der Waals surface area contributed by atoms with Crippen LogP contribution in [-0.4, -0.2) is 11.8 Å². The lowest BCUT2D eigenvalue weighted by Gasteiger charge is -2.01. The number of rotatable bonds is 0. The summed E-state index contributed by atoms with van der Waals surface area (Å²) in [5, 5.41) is 1.01. The van der Waals surface area contributed by atoms with Crippen LogP contribution in [0.3, 0.4) is 0 Å². The van der Waals surface area contributed by atoms with Gasteiger partial charge >= 0.3 is 0 Å². The van der Waals surface area contributed by atoms with Crippen LogP contribution in [0, 0.1) is 0 Å². The van der Waals surface area contributed by atoms with Gasteiger partial charge in [-0.1, -0.05) is 0 Å². The minimum atomic E-state index is 0.322. The molecule has 3 heterocycles. The van der Waals surface area contributed by atoms with E-state index in [0.29, 0.717) is 6.79 Å². The molecule has 4 rings (SSSR count). The smallest absolute Gasteiger partial charge is 0.231 e. The fraction of sp³-hybridized carbons (Fsp3) is 0.125. The molecule has 3 aromatic rings. The van der Waals surface area contributed by atoms with E-state index in [1.807, 2.05) is 12.1 Å². The van der Waals surface area contributed by atoms with Crippen molar-refractivity contribution in [3.05, 3.63) is 18.3 Å². The molecule has 0 N–H and O–H groups in total. The number of aromatic nitrogens is 1. The van der Waals surface area contributed by atoms with E-state index in [2.05, 4.69) is 4.98 Å². The Hall–Kier alpha value is -1.51. The van der Waals surface area contributed by atoms with Gasteiger partial charge in [-0.3, -0.25) is 4.98 Å². The predicted octanol–water partition coefficient (Wildman–Crippen LogP) is 1.40. The third kappa shape index (κ3) is 0.510. The molecule has 0 fully saturated rings. The first-order chi connectivity index (χ1) is 5.45. The third-order valence-electron chi connectivity index (χ3n) is 1.87. The average Bonchev–Trinajstić information content (AvgIpc) is 2.55. The summed E-state index contributed by atoms with van der Waals surface area (Å²) < 4.78 is 10.5. The molecule has 0 saturated carbocycles. The van der Waals surface area contributed by atoms with Crippen molar-refractivity contribution in [1.29, 1.82) is 0 Å². The van der Waals surface area contributed by atoms with Crippen LogP contribution in [0.15, 0.2) is 18.3 Å². The zero-order valence-corrected chi connectivity index (χ0v) is 5.70. The Morgan fingerprint density at radius 2 is 2.09 bits per heavy atom. The van der Waals surface area contributed by atoms with E-state index in [0.717, 1.165) is 22.4 Å². The summed E-state index contributed by atoms with van der Waals surface area (Å²) in [4.78, 5) is 4.15. The number of fused-ring (bicyclic) bond motifs is 2. The zero-order valence-electron chi connectivity index (χ0n) is 5.70. The quantitative estimate of drug-likeness (QED) is 0.564. The van der Waals surface area contributed by atoms with Crippen molar-refractivity contribution >= 4 is 10.9 Å². The largest absolute Gasteiger partial charge is 0.453 e. The predicted molar refractivity (Wildman–Crippen MR) is 39.1 cm³/mol. The van der Waals surface area contributed by atoms with E-state index in [1.54, 1.807) is 6.20 Å². The van der Waals surface area contributed by atoms with Gasteiger partial charge in [-0.15, -0.1) is 0 Å². The Morgan fingerprint density at radius 3 is 2.82 bits per heavy atom. The van der Waals surface area contributed by atoms with Crippen molar-refractivity contribution in [2.75, 3.05) is 6.79 Å². The summed E-state index contributed by atoms with van der Waals surface area (Å²) >= 11 is 0. The minimum Gasteiger partial charge on any atom is -0.453 e. The van der Waals surface area contributed by atoms with Gasteiger partial charge in [-0.2, -0.15) is 0 Å². The maximum absolute atomic E-state index is 5.25. The van der Waals surface area contributed by atoms with Gasteiger partial charge in [0.1, 0.15) is 5.52 Å². The van der Waals surface area contributed by atoms with Crippen molar-refractivity contribution < 1.29 is 9.47 Å². The summed E-state index contributed by atoms with van der Waals surface area (Å²) in [6.07, 6.45) is 1.79. The van der Waals surface area contributed by atoms with Crippen LogP contribution in [0.1, 0.15) is 0 Å². The third-order valence-corrected chi connectivity index (χ3v) is 1.87. The SMILES string of the molecule is c1cc2ncc1c1c2OCO1. The molecule has 0 radical (unpaired) electrons. The van der Waals surface area contributed by atoms with E-state index in [4.69, 9.17) is 9.47 Å². The molecule has 1 aliphatic heterocycles. The molecule has 0 spiro atoms. The van der Waals surface area contributed by atoms with Crippen LogP contribution in [0.4, 0.5) is 0 Å². The highest BCUT2D eigenvalue weighted by molar-refractivity contribution is 5.82. The molecule has 0 saturated heterocycles. The molecule has 11 heavy (non-hydrogen) atoms. The fourth-order valence-electron chi connectivity index (χ4n) is 1.35. The van der Waals surface area contributed by atoms with Gasteiger partial charge in [-0.25, -0.2) is 0 Å². The molecule has 0 atom stereocenters. The Bertz CT molecular complexity index is 342. The molecule has 1 aliphatic rings. The maximum Gasteiger partial charge on any atom is 0.231 e. The van der Waals surface area contributed by atoms with Crippen molar-refractivity contribution in [1.82, 2.24) is 4.98 Å². The van der Waals surface area contributed by atoms with Gasteiger partial charge < -0.3 is 9.47 Å². The fourth-order valence-corrected chi connectivity index (χ4v) is 1.35. The van der Waals surface area contributed by atoms with Gasteiger partial charge in [-0.05, 0) is 12.1 Å². The highest BCUT2D eigenvalue weighted by atomic mass is 16.7. The monoisotopic (exact) mass is 147 g/mol. The van der Waals surface area contributed by atoms with E-state index < -0.39 is 0 Å². The van der Waals surface area contributed by atoms with Crippen LogP contribution >= 0.6 is 0 Å². The molecule has 0 aliphatic carbocycles. The number of benzene rings is 1. The first-order valence-corrected chi connectivity index (χ1v) is 3.42. The van der Waals surface area contributed by atoms with Crippen molar-refractivity contribution in [3.63, 3.8) is 0 Å². The average molecular weight is 147 g/mol. The number of nitrogens with zero attached hydrogens (tertiary/aromatic N) is 1. The first kappa shape index (κ1) is 5.18. The van der Waals surface area contributed by atoms with Gasteiger partial charge in [0.25, 0.3) is 0 Å².